The lowest BCUT2D eigenvalue weighted by Crippen LogP contribution is -2.22. The maximum atomic E-state index is 8.41. The van der Waals surface area contributed by atoms with Crippen LogP contribution in [0.15, 0.2) is 29.4 Å². The fraction of sp³-hybridized carbons (Fsp3) is 0.364. The van der Waals surface area contributed by atoms with Crippen LogP contribution in [0.3, 0.4) is 0 Å². The molecular weight excluding hydrogens is 190 g/mol. The van der Waals surface area contributed by atoms with E-state index in [-0.39, 0.29) is 5.84 Å². The number of nitrogens with one attached hydrogen (secondary N) is 1. The molecule has 0 atom stereocenters. The fourth-order valence-corrected chi connectivity index (χ4v) is 1.40. The van der Waals surface area contributed by atoms with E-state index in [1.54, 1.807) is 0 Å². The molecule has 1 aromatic carbocycles. The molecule has 0 spiro atoms. The number of benzene rings is 1. The van der Waals surface area contributed by atoms with Crippen molar-refractivity contribution in [3.63, 3.8) is 0 Å². The first kappa shape index (κ1) is 11.4. The Kier molecular flexibility index (Phi) is 4.47. The van der Waals surface area contributed by atoms with Crippen molar-refractivity contribution < 1.29 is 5.21 Å². The summed E-state index contributed by atoms with van der Waals surface area (Å²) < 4.78 is 0. The molecule has 0 aliphatic carbocycles. The zero-order chi connectivity index (χ0) is 11.1. The van der Waals surface area contributed by atoms with Crippen LogP contribution in [0.4, 0.5) is 5.69 Å². The van der Waals surface area contributed by atoms with Crippen LogP contribution in [0.25, 0.3) is 0 Å². The molecule has 4 nitrogen and oxygen atoms in total. The van der Waals surface area contributed by atoms with Gasteiger partial charge in [0.1, 0.15) is 0 Å². The molecule has 0 aliphatic rings. The maximum absolute atomic E-state index is 8.41. The van der Waals surface area contributed by atoms with Crippen molar-refractivity contribution in [1.82, 2.24) is 0 Å². The molecular formula is C11H17N3O. The summed E-state index contributed by atoms with van der Waals surface area (Å²) in [4.78, 5) is 0. The number of nitrogens with zero attached hydrogens (tertiary/aromatic N) is 1. The van der Waals surface area contributed by atoms with Gasteiger partial charge in [-0.1, -0.05) is 36.7 Å². The molecule has 0 bridgehead atoms. The van der Waals surface area contributed by atoms with Crippen LogP contribution in [0.1, 0.15) is 18.9 Å². The van der Waals surface area contributed by atoms with Gasteiger partial charge in [0.2, 0.25) is 0 Å². The minimum Gasteiger partial charge on any atom is -0.409 e. The summed E-state index contributed by atoms with van der Waals surface area (Å²) in [7, 11) is 0. The molecule has 0 aromatic heterocycles. The maximum Gasteiger partial charge on any atom is 0.158 e. The van der Waals surface area contributed by atoms with Crippen molar-refractivity contribution in [2.75, 3.05) is 11.9 Å². The van der Waals surface area contributed by atoms with E-state index in [1.165, 1.54) is 5.56 Å². The highest BCUT2D eigenvalue weighted by atomic mass is 16.4. The number of hydrogen-bond donors (Lipinski definition) is 3. The van der Waals surface area contributed by atoms with Gasteiger partial charge in [0, 0.05) is 5.69 Å². The average Bonchev–Trinajstić information content (AvgIpc) is 2.28. The number of amidine groups is 1. The van der Waals surface area contributed by atoms with Crippen molar-refractivity contribution in [2.24, 2.45) is 10.9 Å². The summed E-state index contributed by atoms with van der Waals surface area (Å²) in [6.45, 7) is 2.50. The van der Waals surface area contributed by atoms with Crippen LogP contribution in [0.2, 0.25) is 0 Å². The normalized spacial score (nSPS) is 11.4. The van der Waals surface area contributed by atoms with E-state index in [0.717, 1.165) is 18.5 Å². The summed E-state index contributed by atoms with van der Waals surface area (Å²) in [6, 6.07) is 8.06. The lowest BCUT2D eigenvalue weighted by atomic mass is 10.1. The predicted molar refractivity (Wildman–Crippen MR) is 62.3 cm³/mol. The second-order valence-corrected chi connectivity index (χ2v) is 3.35. The van der Waals surface area contributed by atoms with Gasteiger partial charge in [-0.25, -0.2) is 0 Å². The molecule has 0 saturated carbocycles. The number of nitrogens with two attached hydrogens (primary N) is 1. The lowest BCUT2D eigenvalue weighted by Gasteiger charge is -2.10. The molecule has 15 heavy (non-hydrogen) atoms. The summed E-state index contributed by atoms with van der Waals surface area (Å²) in [5.74, 6) is 0.182. The van der Waals surface area contributed by atoms with Crippen LogP contribution in [0.5, 0.6) is 0 Å². The van der Waals surface area contributed by atoms with Crippen molar-refractivity contribution in [2.45, 2.75) is 19.8 Å². The van der Waals surface area contributed by atoms with Crippen LogP contribution in [-0.2, 0) is 6.42 Å². The van der Waals surface area contributed by atoms with Crippen LogP contribution in [0, 0.1) is 0 Å². The second kappa shape index (κ2) is 5.90. The Morgan fingerprint density at radius 1 is 1.47 bits per heavy atom. The van der Waals surface area contributed by atoms with Gasteiger partial charge in [-0.15, -0.1) is 0 Å². The molecule has 1 aromatic rings. The van der Waals surface area contributed by atoms with Crippen LogP contribution < -0.4 is 11.1 Å². The molecule has 0 saturated heterocycles. The van der Waals surface area contributed by atoms with E-state index in [4.69, 9.17) is 10.9 Å². The van der Waals surface area contributed by atoms with Gasteiger partial charge < -0.3 is 16.3 Å². The van der Waals surface area contributed by atoms with Gasteiger partial charge in [-0.05, 0) is 18.1 Å². The van der Waals surface area contributed by atoms with E-state index >= 15 is 0 Å². The molecule has 1 rings (SSSR count). The van der Waals surface area contributed by atoms with Gasteiger partial charge in [0.05, 0.1) is 6.54 Å². The van der Waals surface area contributed by atoms with E-state index in [9.17, 15) is 0 Å². The van der Waals surface area contributed by atoms with Gasteiger partial charge in [0.15, 0.2) is 5.84 Å². The quantitative estimate of drug-likeness (QED) is 0.298. The summed E-state index contributed by atoms with van der Waals surface area (Å²) >= 11 is 0. The predicted octanol–water partition coefficient (Wildman–Crippen LogP) is 1.80. The first-order valence-corrected chi connectivity index (χ1v) is 5.06. The smallest absolute Gasteiger partial charge is 0.158 e. The third-order valence-electron chi connectivity index (χ3n) is 2.13. The number of aryl methyl sites for hydroxylation is 1. The van der Waals surface area contributed by atoms with E-state index in [0.29, 0.717) is 6.54 Å². The highest BCUT2D eigenvalue weighted by Crippen LogP contribution is 2.16. The Morgan fingerprint density at radius 2 is 2.20 bits per heavy atom. The first-order valence-electron chi connectivity index (χ1n) is 5.06. The van der Waals surface area contributed by atoms with Crippen molar-refractivity contribution >= 4 is 11.5 Å². The Balaban J connectivity index is 2.66. The van der Waals surface area contributed by atoms with E-state index in [2.05, 4.69) is 23.5 Å². The van der Waals surface area contributed by atoms with Crippen LogP contribution >= 0.6 is 0 Å². The van der Waals surface area contributed by atoms with Gasteiger partial charge in [-0.2, -0.15) is 0 Å². The number of anilines is 1. The third kappa shape index (κ3) is 3.50. The zero-order valence-corrected chi connectivity index (χ0v) is 8.90. The van der Waals surface area contributed by atoms with Gasteiger partial charge in [-0.3, -0.25) is 0 Å². The van der Waals surface area contributed by atoms with E-state index < -0.39 is 0 Å². The topological polar surface area (TPSA) is 70.6 Å². The minimum atomic E-state index is 0.182. The Bertz CT molecular complexity index is 336. The Morgan fingerprint density at radius 3 is 2.87 bits per heavy atom. The van der Waals surface area contributed by atoms with Crippen molar-refractivity contribution in [3.05, 3.63) is 29.8 Å². The lowest BCUT2D eigenvalue weighted by molar-refractivity contribution is 0.317. The van der Waals surface area contributed by atoms with E-state index in [1.807, 2.05) is 18.2 Å². The highest BCUT2D eigenvalue weighted by Gasteiger charge is 2.00. The first-order chi connectivity index (χ1) is 7.27. The molecule has 0 unspecified atom stereocenters. The average molecular weight is 207 g/mol. The molecule has 0 amide bonds. The van der Waals surface area contributed by atoms with Gasteiger partial charge in [0.25, 0.3) is 0 Å². The number of rotatable bonds is 5. The standard InChI is InChI=1S/C11H17N3O/c1-2-5-9-6-3-4-7-10(9)13-8-11(12)14-15/h3-4,6-7,13,15H,2,5,8H2,1H3,(H2,12,14). The SMILES string of the molecule is CCCc1ccccc1NCC(N)=NO. The monoisotopic (exact) mass is 207 g/mol. The molecule has 0 heterocycles. The highest BCUT2D eigenvalue weighted by molar-refractivity contribution is 5.84. The molecule has 0 fully saturated rings. The van der Waals surface area contributed by atoms with Gasteiger partial charge >= 0.3 is 0 Å². The third-order valence-corrected chi connectivity index (χ3v) is 2.13. The molecule has 0 aliphatic heterocycles. The van der Waals surface area contributed by atoms with Crippen LogP contribution in [-0.4, -0.2) is 17.6 Å². The molecule has 82 valence electrons. The minimum absolute atomic E-state index is 0.182. The molecule has 4 heteroatoms. The molecule has 0 radical (unpaired) electrons. The summed E-state index contributed by atoms with van der Waals surface area (Å²) in [5, 5.41) is 14.5. The summed E-state index contributed by atoms with van der Waals surface area (Å²) in [5.41, 5.74) is 7.68. The number of para-hydroxylation sites is 1. The second-order valence-electron chi connectivity index (χ2n) is 3.35. The molecule has 4 N–H and O–H groups in total. The zero-order valence-electron chi connectivity index (χ0n) is 8.90. The number of hydrogen-bond acceptors (Lipinski definition) is 3. The summed E-state index contributed by atoms with van der Waals surface area (Å²) in [6.07, 6.45) is 2.13. The number of oxime groups is 1. The Hall–Kier alpha value is -1.71. The fourth-order valence-electron chi connectivity index (χ4n) is 1.40. The van der Waals surface area contributed by atoms with Crippen molar-refractivity contribution in [3.8, 4) is 0 Å². The Labute approximate surface area is 89.8 Å². The largest absolute Gasteiger partial charge is 0.409 e. The van der Waals surface area contributed by atoms with Crippen molar-refractivity contribution in [1.29, 1.82) is 0 Å².